The summed E-state index contributed by atoms with van der Waals surface area (Å²) >= 11 is 0. The molecule has 0 aromatic heterocycles. The molecule has 19 heavy (non-hydrogen) atoms. The Morgan fingerprint density at radius 1 is 1.16 bits per heavy atom. The van der Waals surface area contributed by atoms with Crippen LogP contribution in [0.5, 0.6) is 0 Å². The van der Waals surface area contributed by atoms with Crippen LogP contribution in [0.3, 0.4) is 0 Å². The maximum absolute atomic E-state index is 13.5. The van der Waals surface area contributed by atoms with E-state index in [1.807, 2.05) is 6.07 Å². The van der Waals surface area contributed by atoms with Crippen molar-refractivity contribution in [3.8, 4) is 0 Å². The normalized spacial score (nSPS) is 16.4. The van der Waals surface area contributed by atoms with Crippen molar-refractivity contribution in [3.63, 3.8) is 0 Å². The van der Waals surface area contributed by atoms with E-state index in [9.17, 15) is 4.39 Å². The Hall–Kier alpha value is -1.09. The average molecular weight is 264 g/mol. The van der Waals surface area contributed by atoms with Crippen molar-refractivity contribution in [2.45, 2.75) is 45.6 Å². The highest BCUT2D eigenvalue weighted by molar-refractivity contribution is 5.54. The van der Waals surface area contributed by atoms with Crippen molar-refractivity contribution >= 4 is 5.69 Å². The summed E-state index contributed by atoms with van der Waals surface area (Å²) in [7, 11) is 0. The van der Waals surface area contributed by atoms with Gasteiger partial charge in [-0.05, 0) is 49.6 Å². The van der Waals surface area contributed by atoms with Gasteiger partial charge in [-0.3, -0.25) is 0 Å². The van der Waals surface area contributed by atoms with E-state index >= 15 is 0 Å². The Kier molecular flexibility index (Phi) is 5.64. The van der Waals surface area contributed by atoms with Crippen LogP contribution in [0.2, 0.25) is 0 Å². The zero-order valence-electron chi connectivity index (χ0n) is 11.9. The Bertz CT molecular complexity index is 384. The molecule has 2 rings (SSSR count). The molecule has 0 unspecified atom stereocenters. The summed E-state index contributed by atoms with van der Waals surface area (Å²) < 4.78 is 13.5. The van der Waals surface area contributed by atoms with E-state index in [2.05, 4.69) is 17.1 Å². The van der Waals surface area contributed by atoms with E-state index in [0.717, 1.165) is 38.2 Å². The first-order valence-corrected chi connectivity index (χ1v) is 7.55. The molecule has 1 N–H and O–H groups in total. The maximum Gasteiger partial charge on any atom is 0.123 e. The molecule has 0 bridgehead atoms. The highest BCUT2D eigenvalue weighted by Crippen LogP contribution is 2.24. The Balaban J connectivity index is 2.12. The minimum Gasteiger partial charge on any atom is -0.371 e. The molecule has 0 radical (unpaired) electrons. The molecule has 106 valence electrons. The lowest BCUT2D eigenvalue weighted by Gasteiger charge is -2.25. The molecule has 1 aliphatic rings. The van der Waals surface area contributed by atoms with Crippen LogP contribution in [-0.2, 0) is 6.54 Å². The second kappa shape index (κ2) is 7.49. The summed E-state index contributed by atoms with van der Waals surface area (Å²) in [5.41, 5.74) is 2.31. The maximum atomic E-state index is 13.5. The van der Waals surface area contributed by atoms with Crippen molar-refractivity contribution < 1.29 is 4.39 Å². The Labute approximate surface area is 116 Å². The topological polar surface area (TPSA) is 15.3 Å². The summed E-state index contributed by atoms with van der Waals surface area (Å²) in [6.07, 6.45) is 6.25. The van der Waals surface area contributed by atoms with Gasteiger partial charge in [-0.1, -0.05) is 19.8 Å². The van der Waals surface area contributed by atoms with Gasteiger partial charge in [0, 0.05) is 25.3 Å². The fraction of sp³-hybridized carbons (Fsp3) is 0.625. The molecular weight excluding hydrogens is 239 g/mol. The molecule has 0 atom stereocenters. The first-order chi connectivity index (χ1) is 9.31. The van der Waals surface area contributed by atoms with E-state index in [0.29, 0.717) is 0 Å². The van der Waals surface area contributed by atoms with Crippen molar-refractivity contribution in [1.82, 2.24) is 5.32 Å². The quantitative estimate of drug-likeness (QED) is 0.816. The van der Waals surface area contributed by atoms with Crippen LogP contribution in [-0.4, -0.2) is 19.6 Å². The predicted molar refractivity (Wildman–Crippen MR) is 79.1 cm³/mol. The third-order valence-corrected chi connectivity index (χ3v) is 3.73. The van der Waals surface area contributed by atoms with Gasteiger partial charge in [0.25, 0.3) is 0 Å². The van der Waals surface area contributed by atoms with E-state index in [1.165, 1.54) is 31.4 Å². The molecule has 1 fully saturated rings. The molecule has 0 aliphatic carbocycles. The summed E-state index contributed by atoms with van der Waals surface area (Å²) in [4.78, 5) is 2.43. The van der Waals surface area contributed by atoms with Crippen LogP contribution >= 0.6 is 0 Å². The second-order valence-corrected chi connectivity index (χ2v) is 5.35. The lowest BCUT2D eigenvalue weighted by Crippen LogP contribution is -2.26. The highest BCUT2D eigenvalue weighted by atomic mass is 19.1. The average Bonchev–Trinajstić information content (AvgIpc) is 2.68. The second-order valence-electron chi connectivity index (χ2n) is 5.35. The molecule has 0 spiro atoms. The van der Waals surface area contributed by atoms with Crippen molar-refractivity contribution in [3.05, 3.63) is 29.6 Å². The van der Waals surface area contributed by atoms with E-state index in [-0.39, 0.29) is 5.82 Å². The summed E-state index contributed by atoms with van der Waals surface area (Å²) in [5.74, 6) is -0.133. The van der Waals surface area contributed by atoms with Crippen LogP contribution in [0, 0.1) is 5.82 Å². The smallest absolute Gasteiger partial charge is 0.123 e. The lowest BCUT2D eigenvalue weighted by molar-refractivity contribution is 0.617. The van der Waals surface area contributed by atoms with Crippen molar-refractivity contribution in [2.75, 3.05) is 24.5 Å². The van der Waals surface area contributed by atoms with Gasteiger partial charge >= 0.3 is 0 Å². The summed E-state index contributed by atoms with van der Waals surface area (Å²) in [6.45, 7) is 6.10. The number of anilines is 1. The molecule has 2 nitrogen and oxygen atoms in total. The van der Waals surface area contributed by atoms with Crippen LogP contribution < -0.4 is 10.2 Å². The Morgan fingerprint density at radius 2 is 1.89 bits per heavy atom. The molecule has 3 heteroatoms. The first kappa shape index (κ1) is 14.3. The molecule has 1 aliphatic heterocycles. The van der Waals surface area contributed by atoms with Gasteiger partial charge in [0.05, 0.1) is 0 Å². The van der Waals surface area contributed by atoms with Gasteiger partial charge < -0.3 is 10.2 Å². The molecule has 1 aromatic carbocycles. The Morgan fingerprint density at radius 3 is 2.58 bits per heavy atom. The first-order valence-electron chi connectivity index (χ1n) is 7.55. The monoisotopic (exact) mass is 264 g/mol. The fourth-order valence-corrected chi connectivity index (χ4v) is 2.72. The third kappa shape index (κ3) is 4.20. The number of benzene rings is 1. The van der Waals surface area contributed by atoms with Crippen LogP contribution in [0.1, 0.15) is 44.6 Å². The minimum atomic E-state index is -0.133. The zero-order valence-corrected chi connectivity index (χ0v) is 11.9. The van der Waals surface area contributed by atoms with Gasteiger partial charge in [-0.15, -0.1) is 0 Å². The van der Waals surface area contributed by atoms with Gasteiger partial charge in [-0.2, -0.15) is 0 Å². The number of halogens is 1. The molecule has 1 heterocycles. The molecule has 0 amide bonds. The lowest BCUT2D eigenvalue weighted by atomic mass is 10.1. The zero-order chi connectivity index (χ0) is 13.5. The van der Waals surface area contributed by atoms with Crippen molar-refractivity contribution in [2.24, 2.45) is 0 Å². The number of nitrogens with zero attached hydrogens (tertiary/aromatic N) is 1. The highest BCUT2D eigenvalue weighted by Gasteiger charge is 2.13. The third-order valence-electron chi connectivity index (χ3n) is 3.73. The van der Waals surface area contributed by atoms with E-state index in [1.54, 1.807) is 12.1 Å². The van der Waals surface area contributed by atoms with Crippen LogP contribution in [0.25, 0.3) is 0 Å². The largest absolute Gasteiger partial charge is 0.371 e. The van der Waals surface area contributed by atoms with Crippen molar-refractivity contribution in [1.29, 1.82) is 0 Å². The molecule has 0 saturated carbocycles. The number of nitrogens with one attached hydrogen (secondary N) is 1. The molecule has 1 aromatic rings. The number of hydrogen-bond donors (Lipinski definition) is 1. The van der Waals surface area contributed by atoms with Crippen LogP contribution in [0.15, 0.2) is 18.2 Å². The van der Waals surface area contributed by atoms with Gasteiger partial charge in [-0.25, -0.2) is 4.39 Å². The molecular formula is C16H25FN2. The van der Waals surface area contributed by atoms with E-state index in [4.69, 9.17) is 0 Å². The minimum absolute atomic E-state index is 0.133. The predicted octanol–water partition coefficient (Wildman–Crippen LogP) is 3.71. The van der Waals surface area contributed by atoms with Gasteiger partial charge in [0.1, 0.15) is 5.82 Å². The number of rotatable bonds is 5. The molecule has 1 saturated heterocycles. The summed E-state index contributed by atoms with van der Waals surface area (Å²) in [5, 5.41) is 3.38. The standard InChI is InChI=1S/C16H25FN2/c1-2-9-18-13-14-12-15(17)7-8-16(14)19-10-5-3-4-6-11-19/h7-8,12,18H,2-6,9-11,13H2,1H3. The van der Waals surface area contributed by atoms with E-state index < -0.39 is 0 Å². The summed E-state index contributed by atoms with van der Waals surface area (Å²) in [6, 6.07) is 5.22. The number of hydrogen-bond acceptors (Lipinski definition) is 2. The van der Waals surface area contributed by atoms with Crippen LogP contribution in [0.4, 0.5) is 10.1 Å². The van der Waals surface area contributed by atoms with Gasteiger partial charge in [0.2, 0.25) is 0 Å². The van der Waals surface area contributed by atoms with Gasteiger partial charge in [0.15, 0.2) is 0 Å². The fourth-order valence-electron chi connectivity index (χ4n) is 2.72. The SMILES string of the molecule is CCCNCc1cc(F)ccc1N1CCCCCC1.